The second-order valence-electron chi connectivity index (χ2n) is 3.27. The molecular formula is C9H8N2O4. The molecule has 15 heavy (non-hydrogen) atoms. The number of fused-ring (bicyclic) bond motifs is 1. The number of hydrogen-bond acceptors (Lipinski definition) is 5. The molecule has 1 heterocycles. The van der Waals surface area contributed by atoms with E-state index in [4.69, 9.17) is 10.2 Å². The molecule has 0 aliphatic heterocycles. The molecule has 0 radical (unpaired) electrons. The average molecular weight is 208 g/mol. The number of anilines is 1. The lowest BCUT2D eigenvalue weighted by atomic mass is 10.1. The topological polar surface area (TPSA) is 99.4 Å². The third-order valence-electron chi connectivity index (χ3n) is 2.22. The van der Waals surface area contributed by atoms with Gasteiger partial charge in [-0.1, -0.05) is 0 Å². The van der Waals surface area contributed by atoms with Crippen molar-refractivity contribution in [2.45, 2.75) is 12.5 Å². The zero-order valence-corrected chi connectivity index (χ0v) is 7.67. The fourth-order valence-corrected chi connectivity index (χ4v) is 1.46. The minimum absolute atomic E-state index is 0.0394. The molecule has 0 amide bonds. The summed E-state index contributed by atoms with van der Waals surface area (Å²) < 4.78 is 4.87. The minimum atomic E-state index is -0.774. The molecular weight excluding hydrogens is 200 g/mol. The van der Waals surface area contributed by atoms with Crippen molar-refractivity contribution < 1.29 is 9.34 Å². The van der Waals surface area contributed by atoms with Gasteiger partial charge in [0.05, 0.1) is 0 Å². The Morgan fingerprint density at radius 2 is 2.33 bits per heavy atom. The van der Waals surface area contributed by atoms with Crippen LogP contribution in [0.25, 0.3) is 12.2 Å². The van der Waals surface area contributed by atoms with Crippen LogP contribution >= 0.6 is 0 Å². The lowest BCUT2D eigenvalue weighted by Crippen LogP contribution is -2.36. The van der Waals surface area contributed by atoms with E-state index >= 15 is 0 Å². The highest BCUT2D eigenvalue weighted by molar-refractivity contribution is 5.43. The van der Waals surface area contributed by atoms with Gasteiger partial charge in [-0.2, -0.15) is 0 Å². The summed E-state index contributed by atoms with van der Waals surface area (Å²) in [4.78, 5) is 21.2. The number of nitro groups is 1. The number of nitrogens with zero attached hydrogens (tertiary/aromatic N) is 1. The van der Waals surface area contributed by atoms with Gasteiger partial charge in [0.1, 0.15) is 11.1 Å². The highest BCUT2D eigenvalue weighted by Gasteiger charge is 2.18. The number of nitrogen functional groups attached to an aromatic ring is 1. The largest absolute Gasteiger partial charge is 0.422 e. The molecule has 1 aromatic rings. The van der Waals surface area contributed by atoms with Crippen LogP contribution in [0.1, 0.15) is 6.42 Å². The summed E-state index contributed by atoms with van der Waals surface area (Å²) in [6.07, 6.45) is 3.20. The molecule has 0 bridgehead atoms. The summed E-state index contributed by atoms with van der Waals surface area (Å²) in [5.41, 5.74) is 5.06. The van der Waals surface area contributed by atoms with E-state index in [0.717, 1.165) is 0 Å². The van der Waals surface area contributed by atoms with E-state index in [2.05, 4.69) is 0 Å². The van der Waals surface area contributed by atoms with Gasteiger partial charge in [0.2, 0.25) is 6.04 Å². The molecule has 1 atom stereocenters. The maximum atomic E-state index is 11.0. The highest BCUT2D eigenvalue weighted by Crippen LogP contribution is 2.02. The molecule has 1 aliphatic carbocycles. The first-order valence-electron chi connectivity index (χ1n) is 4.33. The Hall–Kier alpha value is -2.11. The lowest BCUT2D eigenvalue weighted by molar-refractivity contribution is -0.503. The van der Waals surface area contributed by atoms with Crippen LogP contribution in [0.5, 0.6) is 0 Å². The summed E-state index contributed by atoms with van der Waals surface area (Å²) in [6.45, 7) is 0. The van der Waals surface area contributed by atoms with Gasteiger partial charge < -0.3 is 10.2 Å². The van der Waals surface area contributed by atoms with Gasteiger partial charge in [-0.15, -0.1) is 0 Å². The first-order valence-corrected chi connectivity index (χ1v) is 4.33. The monoisotopic (exact) mass is 208 g/mol. The Balaban J connectivity index is 2.67. The van der Waals surface area contributed by atoms with Crippen LogP contribution in [-0.2, 0) is 0 Å². The maximum absolute atomic E-state index is 11.0. The summed E-state index contributed by atoms with van der Waals surface area (Å²) in [6, 6.07) is 0.623. The molecule has 2 N–H and O–H groups in total. The number of hydrogen-bond donors (Lipinski definition) is 1. The summed E-state index contributed by atoms with van der Waals surface area (Å²) >= 11 is 0. The van der Waals surface area contributed by atoms with Gasteiger partial charge in [0.25, 0.3) is 0 Å². The van der Waals surface area contributed by atoms with Crippen LogP contribution in [0.3, 0.4) is 0 Å². The zero-order chi connectivity index (χ0) is 11.0. The summed E-state index contributed by atoms with van der Waals surface area (Å²) in [5.74, 6) is 0. The van der Waals surface area contributed by atoms with Crippen molar-refractivity contribution in [3.63, 3.8) is 0 Å². The standard InChI is InChI=1S/C9H8N2O4/c10-7-4-5-3-6(11(13)14)1-2-8(5)15-9(7)12/h2-4,6H,1,10H2. The normalized spacial score (nSPS) is 18.5. The predicted octanol–water partition coefficient (Wildman–Crippen LogP) is -1.17. The van der Waals surface area contributed by atoms with Crippen molar-refractivity contribution in [2.75, 3.05) is 5.73 Å². The van der Waals surface area contributed by atoms with E-state index in [1.807, 2.05) is 0 Å². The third kappa shape index (κ3) is 1.61. The first-order chi connectivity index (χ1) is 7.08. The van der Waals surface area contributed by atoms with Crippen LogP contribution in [-0.4, -0.2) is 11.0 Å². The van der Waals surface area contributed by atoms with Gasteiger partial charge in [0, 0.05) is 22.6 Å². The van der Waals surface area contributed by atoms with E-state index in [1.54, 1.807) is 0 Å². The van der Waals surface area contributed by atoms with E-state index in [0.29, 0.717) is 10.6 Å². The Labute approximate surface area is 83.5 Å². The summed E-state index contributed by atoms with van der Waals surface area (Å²) in [7, 11) is 0. The fourth-order valence-electron chi connectivity index (χ4n) is 1.46. The van der Waals surface area contributed by atoms with E-state index in [-0.39, 0.29) is 17.0 Å². The SMILES string of the molecule is Nc1cc2c(oc1=O)=CCC([N+](=O)[O-])C=2. The molecule has 1 unspecified atom stereocenters. The molecule has 0 fully saturated rings. The van der Waals surface area contributed by atoms with Gasteiger partial charge >= 0.3 is 5.63 Å². The van der Waals surface area contributed by atoms with Crippen molar-refractivity contribution in [3.05, 3.63) is 37.2 Å². The van der Waals surface area contributed by atoms with Crippen molar-refractivity contribution >= 4 is 17.8 Å². The molecule has 78 valence electrons. The number of rotatable bonds is 1. The molecule has 6 nitrogen and oxygen atoms in total. The molecule has 1 aliphatic rings. The van der Waals surface area contributed by atoms with Crippen molar-refractivity contribution in [1.29, 1.82) is 0 Å². The van der Waals surface area contributed by atoms with Crippen molar-refractivity contribution in [1.82, 2.24) is 0 Å². The van der Waals surface area contributed by atoms with Gasteiger partial charge in [-0.25, -0.2) is 4.79 Å². The Morgan fingerprint density at radius 3 is 3.00 bits per heavy atom. The smallest absolute Gasteiger partial charge is 0.359 e. The molecule has 0 saturated heterocycles. The Morgan fingerprint density at radius 1 is 1.60 bits per heavy atom. The number of nitrogens with two attached hydrogens (primary N) is 1. The van der Waals surface area contributed by atoms with Gasteiger partial charge in [0.15, 0.2) is 0 Å². The van der Waals surface area contributed by atoms with E-state index in [1.165, 1.54) is 18.2 Å². The quantitative estimate of drug-likeness (QED) is 0.463. The predicted molar refractivity (Wildman–Crippen MR) is 53.0 cm³/mol. The van der Waals surface area contributed by atoms with Gasteiger partial charge in [-0.05, 0) is 12.1 Å². The second-order valence-corrected chi connectivity index (χ2v) is 3.27. The van der Waals surface area contributed by atoms with Gasteiger partial charge in [-0.3, -0.25) is 10.1 Å². The first kappa shape index (κ1) is 9.45. The summed E-state index contributed by atoms with van der Waals surface area (Å²) in [5, 5.41) is 11.0. The molecule has 1 aromatic heterocycles. The van der Waals surface area contributed by atoms with Crippen LogP contribution < -0.4 is 22.0 Å². The van der Waals surface area contributed by atoms with Crippen LogP contribution in [0.4, 0.5) is 5.69 Å². The Kier molecular flexibility index (Phi) is 2.03. The fraction of sp³-hybridized carbons (Fsp3) is 0.222. The van der Waals surface area contributed by atoms with E-state index in [9.17, 15) is 14.9 Å². The average Bonchev–Trinajstić information content (AvgIpc) is 2.19. The molecule has 0 saturated carbocycles. The molecule has 0 aromatic carbocycles. The Bertz CT molecular complexity index is 587. The molecule has 0 spiro atoms. The van der Waals surface area contributed by atoms with Crippen LogP contribution in [0, 0.1) is 10.1 Å². The second kappa shape index (κ2) is 3.23. The maximum Gasteiger partial charge on any atom is 0.359 e. The zero-order valence-electron chi connectivity index (χ0n) is 7.67. The van der Waals surface area contributed by atoms with Crippen LogP contribution in [0.2, 0.25) is 0 Å². The van der Waals surface area contributed by atoms with Crippen molar-refractivity contribution in [3.8, 4) is 0 Å². The van der Waals surface area contributed by atoms with Crippen LogP contribution in [0.15, 0.2) is 15.3 Å². The van der Waals surface area contributed by atoms with Crippen molar-refractivity contribution in [2.24, 2.45) is 0 Å². The molecule has 6 heteroatoms. The molecule has 2 rings (SSSR count). The minimum Gasteiger partial charge on any atom is -0.422 e. The third-order valence-corrected chi connectivity index (χ3v) is 2.22. The van der Waals surface area contributed by atoms with E-state index < -0.39 is 11.7 Å². The highest BCUT2D eigenvalue weighted by atomic mass is 16.6. The lowest BCUT2D eigenvalue weighted by Gasteiger charge is -2.05.